The molecule has 1 saturated carbocycles. The number of nitrogens with zero attached hydrogens (tertiary/aromatic N) is 4. The summed E-state index contributed by atoms with van der Waals surface area (Å²) in [5, 5.41) is 3.25. The number of carbonyl (C=O) groups is 1. The minimum atomic E-state index is 0.0864. The van der Waals surface area contributed by atoms with Crippen molar-refractivity contribution in [2.75, 3.05) is 13.1 Å². The number of likely N-dealkylation sites (tertiary alicyclic amines) is 1. The molecular weight excluding hydrogens is 368 g/mol. The van der Waals surface area contributed by atoms with Gasteiger partial charge in [-0.15, -0.1) is 11.3 Å². The van der Waals surface area contributed by atoms with E-state index >= 15 is 0 Å². The van der Waals surface area contributed by atoms with E-state index in [1.807, 2.05) is 34.7 Å². The minimum absolute atomic E-state index is 0.0864. The van der Waals surface area contributed by atoms with Gasteiger partial charge in [0.1, 0.15) is 5.82 Å². The number of piperidine rings is 1. The summed E-state index contributed by atoms with van der Waals surface area (Å²) in [5.74, 6) is 2.13. The molecule has 6 heteroatoms. The average Bonchev–Trinajstić information content (AvgIpc) is 3.43. The molecule has 5 nitrogen and oxygen atoms in total. The fourth-order valence-corrected chi connectivity index (χ4v) is 5.59. The fourth-order valence-electron chi connectivity index (χ4n) is 4.78. The number of aromatic nitrogens is 3. The van der Waals surface area contributed by atoms with Gasteiger partial charge in [0.25, 0.3) is 5.91 Å². The molecule has 1 saturated heterocycles. The highest BCUT2D eigenvalue weighted by molar-refractivity contribution is 7.09. The second-order valence-corrected chi connectivity index (χ2v) is 8.97. The Hall–Kier alpha value is -2.21. The van der Waals surface area contributed by atoms with Gasteiger partial charge in [-0.2, -0.15) is 0 Å². The molecule has 2 aliphatic rings. The highest BCUT2D eigenvalue weighted by atomic mass is 32.1. The average molecular weight is 395 g/mol. The molecule has 146 valence electrons. The van der Waals surface area contributed by atoms with Crippen LogP contribution in [0.5, 0.6) is 0 Å². The molecule has 0 N–H and O–H groups in total. The van der Waals surface area contributed by atoms with E-state index in [-0.39, 0.29) is 5.91 Å². The Morgan fingerprint density at radius 1 is 1.04 bits per heavy atom. The summed E-state index contributed by atoms with van der Waals surface area (Å²) in [6.07, 6.45) is 12.1. The first-order chi connectivity index (χ1) is 13.8. The molecule has 4 heterocycles. The Morgan fingerprint density at radius 2 is 1.86 bits per heavy atom. The predicted octanol–water partition coefficient (Wildman–Crippen LogP) is 4.86. The second-order valence-electron chi connectivity index (χ2n) is 8.05. The molecule has 0 spiro atoms. The van der Waals surface area contributed by atoms with Crippen LogP contribution in [-0.2, 0) is 0 Å². The van der Waals surface area contributed by atoms with E-state index in [4.69, 9.17) is 4.98 Å². The standard InChI is InChI=1S/C22H26N4OS/c27-22(25-13-9-17(10-14-25)21-23-11-15-28-21)19-18-8-4-5-12-26(18)20(24-19)16-6-2-1-3-7-16/h4-5,8,11-12,15-17H,1-3,6-7,9-10,13-14H2. The zero-order valence-electron chi connectivity index (χ0n) is 16.1. The van der Waals surface area contributed by atoms with Gasteiger partial charge in [0.2, 0.25) is 0 Å². The highest BCUT2D eigenvalue weighted by Crippen LogP contribution is 2.34. The molecule has 5 rings (SSSR count). The number of hydrogen-bond donors (Lipinski definition) is 0. The smallest absolute Gasteiger partial charge is 0.274 e. The van der Waals surface area contributed by atoms with Crippen LogP contribution >= 0.6 is 11.3 Å². The van der Waals surface area contributed by atoms with Gasteiger partial charge < -0.3 is 9.30 Å². The summed E-state index contributed by atoms with van der Waals surface area (Å²) in [6, 6.07) is 6.08. The Kier molecular flexibility index (Phi) is 4.89. The van der Waals surface area contributed by atoms with Crippen molar-refractivity contribution < 1.29 is 4.79 Å². The number of imidazole rings is 1. The lowest BCUT2D eigenvalue weighted by Gasteiger charge is -2.30. The van der Waals surface area contributed by atoms with Gasteiger partial charge in [-0.3, -0.25) is 4.79 Å². The van der Waals surface area contributed by atoms with Crippen LogP contribution in [0.1, 0.15) is 78.1 Å². The Balaban J connectivity index is 1.39. The topological polar surface area (TPSA) is 50.5 Å². The van der Waals surface area contributed by atoms with Crippen molar-refractivity contribution in [1.29, 1.82) is 0 Å². The predicted molar refractivity (Wildman–Crippen MR) is 111 cm³/mol. The largest absolute Gasteiger partial charge is 0.337 e. The van der Waals surface area contributed by atoms with E-state index in [9.17, 15) is 4.79 Å². The third-order valence-electron chi connectivity index (χ3n) is 6.33. The summed E-state index contributed by atoms with van der Waals surface area (Å²) < 4.78 is 2.16. The van der Waals surface area contributed by atoms with Gasteiger partial charge in [0.15, 0.2) is 5.69 Å². The maximum absolute atomic E-state index is 13.3. The SMILES string of the molecule is O=C(c1nc(C2CCCCC2)n2ccccc12)N1CCC(c2nccs2)CC1. The van der Waals surface area contributed by atoms with Crippen LogP contribution in [0.25, 0.3) is 5.52 Å². The van der Waals surface area contributed by atoms with Gasteiger partial charge in [0, 0.05) is 42.7 Å². The Morgan fingerprint density at radius 3 is 2.61 bits per heavy atom. The number of pyridine rings is 1. The van der Waals surface area contributed by atoms with Gasteiger partial charge in [-0.1, -0.05) is 25.3 Å². The lowest BCUT2D eigenvalue weighted by Crippen LogP contribution is -2.38. The number of hydrogen-bond acceptors (Lipinski definition) is 4. The first-order valence-corrected chi connectivity index (χ1v) is 11.3. The summed E-state index contributed by atoms with van der Waals surface area (Å²) in [5.41, 5.74) is 1.59. The van der Waals surface area contributed by atoms with Crippen molar-refractivity contribution >= 4 is 22.8 Å². The zero-order chi connectivity index (χ0) is 18.9. The van der Waals surface area contributed by atoms with Crippen LogP contribution < -0.4 is 0 Å². The van der Waals surface area contributed by atoms with E-state index < -0.39 is 0 Å². The second kappa shape index (κ2) is 7.66. The number of rotatable bonds is 3. The van der Waals surface area contributed by atoms with E-state index in [0.717, 1.165) is 37.3 Å². The summed E-state index contributed by atoms with van der Waals surface area (Å²) in [6.45, 7) is 1.57. The summed E-state index contributed by atoms with van der Waals surface area (Å²) in [7, 11) is 0. The van der Waals surface area contributed by atoms with Gasteiger partial charge in [-0.25, -0.2) is 9.97 Å². The normalized spacial score (nSPS) is 19.4. The molecule has 1 amide bonds. The quantitative estimate of drug-likeness (QED) is 0.637. The number of carbonyl (C=O) groups excluding carboxylic acids is 1. The van der Waals surface area contributed by atoms with Crippen molar-refractivity contribution in [3.05, 3.63) is 52.5 Å². The highest BCUT2D eigenvalue weighted by Gasteiger charge is 2.30. The number of fused-ring (bicyclic) bond motifs is 1. The first kappa shape index (κ1) is 17.9. The molecule has 28 heavy (non-hydrogen) atoms. The maximum atomic E-state index is 13.3. The summed E-state index contributed by atoms with van der Waals surface area (Å²) >= 11 is 1.73. The minimum Gasteiger partial charge on any atom is -0.337 e. The van der Waals surface area contributed by atoms with Crippen molar-refractivity contribution in [3.63, 3.8) is 0 Å². The van der Waals surface area contributed by atoms with Crippen LogP contribution in [0.15, 0.2) is 36.0 Å². The maximum Gasteiger partial charge on any atom is 0.274 e. The first-order valence-electron chi connectivity index (χ1n) is 10.5. The van der Waals surface area contributed by atoms with E-state index in [1.165, 1.54) is 37.1 Å². The van der Waals surface area contributed by atoms with Crippen molar-refractivity contribution in [2.45, 2.75) is 56.8 Å². The molecule has 0 aromatic carbocycles. The lowest BCUT2D eigenvalue weighted by molar-refractivity contribution is 0.0709. The van der Waals surface area contributed by atoms with E-state index in [2.05, 4.69) is 15.6 Å². The van der Waals surface area contributed by atoms with Crippen molar-refractivity contribution in [1.82, 2.24) is 19.3 Å². The zero-order valence-corrected chi connectivity index (χ0v) is 16.9. The Labute approximate surface area is 169 Å². The molecule has 0 radical (unpaired) electrons. The van der Waals surface area contributed by atoms with Gasteiger partial charge in [0.05, 0.1) is 10.5 Å². The number of amides is 1. The van der Waals surface area contributed by atoms with Crippen LogP contribution in [0, 0.1) is 0 Å². The van der Waals surface area contributed by atoms with Crippen molar-refractivity contribution in [2.24, 2.45) is 0 Å². The van der Waals surface area contributed by atoms with Crippen molar-refractivity contribution in [3.8, 4) is 0 Å². The molecule has 2 fully saturated rings. The number of thiazole rings is 1. The van der Waals surface area contributed by atoms with Crippen LogP contribution in [0.3, 0.4) is 0 Å². The van der Waals surface area contributed by atoms with Crippen LogP contribution in [0.4, 0.5) is 0 Å². The summed E-state index contributed by atoms with van der Waals surface area (Å²) in [4.78, 5) is 24.7. The lowest BCUT2D eigenvalue weighted by atomic mass is 9.89. The van der Waals surface area contributed by atoms with Crippen LogP contribution in [0.2, 0.25) is 0 Å². The third kappa shape index (κ3) is 3.24. The molecule has 0 unspecified atom stereocenters. The molecule has 3 aromatic heterocycles. The fraction of sp³-hybridized carbons (Fsp3) is 0.500. The van der Waals surface area contributed by atoms with E-state index in [1.54, 1.807) is 11.3 Å². The molecular formula is C22H26N4OS. The van der Waals surface area contributed by atoms with Gasteiger partial charge in [-0.05, 0) is 37.8 Å². The monoisotopic (exact) mass is 394 g/mol. The van der Waals surface area contributed by atoms with Gasteiger partial charge >= 0.3 is 0 Å². The molecule has 0 bridgehead atoms. The molecule has 0 atom stereocenters. The Bertz CT molecular complexity index is 950. The molecule has 3 aromatic rings. The van der Waals surface area contributed by atoms with Crippen LogP contribution in [-0.4, -0.2) is 38.3 Å². The molecule has 1 aliphatic heterocycles. The van der Waals surface area contributed by atoms with E-state index in [0.29, 0.717) is 17.5 Å². The third-order valence-corrected chi connectivity index (χ3v) is 7.27. The molecule has 1 aliphatic carbocycles.